The summed E-state index contributed by atoms with van der Waals surface area (Å²) in [4.78, 5) is 4.23. The highest BCUT2D eigenvalue weighted by Crippen LogP contribution is 2.15. The van der Waals surface area contributed by atoms with E-state index in [1.54, 1.807) is 11.8 Å². The summed E-state index contributed by atoms with van der Waals surface area (Å²) in [6, 6.07) is 7.88. The molecule has 6 heteroatoms. The lowest BCUT2D eigenvalue weighted by atomic mass is 10.2. The Bertz CT molecular complexity index is 515. The monoisotopic (exact) mass is 278 g/mol. The average Bonchev–Trinajstić information content (AvgIpc) is 2.84. The SMILES string of the molecule is Cc1nc(SCCCOc2cccc(CN)c2)n[nH]1. The quantitative estimate of drug-likeness (QED) is 0.599. The number of thioether (sulfide) groups is 1. The molecule has 1 heterocycles. The third kappa shape index (κ3) is 4.57. The van der Waals surface area contributed by atoms with Crippen molar-refractivity contribution in [3.05, 3.63) is 35.7 Å². The molecule has 0 saturated carbocycles. The van der Waals surface area contributed by atoms with Gasteiger partial charge in [-0.05, 0) is 31.0 Å². The van der Waals surface area contributed by atoms with E-state index in [9.17, 15) is 0 Å². The van der Waals surface area contributed by atoms with Gasteiger partial charge in [-0.15, -0.1) is 5.10 Å². The molecule has 0 radical (unpaired) electrons. The van der Waals surface area contributed by atoms with Gasteiger partial charge in [-0.25, -0.2) is 4.98 Å². The summed E-state index contributed by atoms with van der Waals surface area (Å²) in [5, 5.41) is 7.68. The predicted molar refractivity (Wildman–Crippen MR) is 76.3 cm³/mol. The fourth-order valence-corrected chi connectivity index (χ4v) is 2.32. The van der Waals surface area contributed by atoms with Crippen LogP contribution in [0.15, 0.2) is 29.4 Å². The molecule has 3 N–H and O–H groups in total. The molecule has 0 aliphatic heterocycles. The Morgan fingerprint density at radius 1 is 1.42 bits per heavy atom. The molecule has 0 atom stereocenters. The van der Waals surface area contributed by atoms with Gasteiger partial charge in [0.05, 0.1) is 6.61 Å². The number of ether oxygens (including phenoxy) is 1. The third-order valence-corrected chi connectivity index (χ3v) is 3.43. The van der Waals surface area contributed by atoms with E-state index >= 15 is 0 Å². The smallest absolute Gasteiger partial charge is 0.208 e. The molecule has 5 nitrogen and oxygen atoms in total. The number of aromatic nitrogens is 3. The summed E-state index contributed by atoms with van der Waals surface area (Å²) in [7, 11) is 0. The Morgan fingerprint density at radius 2 is 2.32 bits per heavy atom. The highest BCUT2D eigenvalue weighted by atomic mass is 32.2. The largest absolute Gasteiger partial charge is 0.494 e. The Balaban J connectivity index is 1.66. The second-order valence-electron chi connectivity index (χ2n) is 4.11. The zero-order valence-electron chi connectivity index (χ0n) is 10.9. The van der Waals surface area contributed by atoms with Crippen LogP contribution in [0.2, 0.25) is 0 Å². The lowest BCUT2D eigenvalue weighted by Crippen LogP contribution is -2.01. The van der Waals surface area contributed by atoms with Gasteiger partial charge < -0.3 is 10.5 Å². The van der Waals surface area contributed by atoms with Crippen LogP contribution in [0.1, 0.15) is 17.8 Å². The number of nitrogens with two attached hydrogens (primary N) is 1. The number of aromatic amines is 1. The molecule has 2 aromatic rings. The molecule has 0 bridgehead atoms. The summed E-state index contributed by atoms with van der Waals surface area (Å²) in [5.41, 5.74) is 6.67. The van der Waals surface area contributed by atoms with Crippen molar-refractivity contribution in [1.29, 1.82) is 0 Å². The molecule has 0 saturated heterocycles. The Kier molecular flexibility index (Phi) is 5.23. The van der Waals surface area contributed by atoms with E-state index < -0.39 is 0 Å². The normalized spacial score (nSPS) is 10.6. The lowest BCUT2D eigenvalue weighted by Gasteiger charge is -2.06. The lowest BCUT2D eigenvalue weighted by molar-refractivity contribution is 0.318. The van der Waals surface area contributed by atoms with Gasteiger partial charge in [0.25, 0.3) is 0 Å². The van der Waals surface area contributed by atoms with Crippen molar-refractivity contribution in [2.75, 3.05) is 12.4 Å². The van der Waals surface area contributed by atoms with Crippen LogP contribution in [0.25, 0.3) is 0 Å². The van der Waals surface area contributed by atoms with Crippen LogP contribution < -0.4 is 10.5 Å². The van der Waals surface area contributed by atoms with Gasteiger partial charge in [0.15, 0.2) is 0 Å². The van der Waals surface area contributed by atoms with Crippen LogP contribution in [-0.4, -0.2) is 27.5 Å². The minimum absolute atomic E-state index is 0.539. The fourth-order valence-electron chi connectivity index (χ4n) is 1.56. The third-order valence-electron chi connectivity index (χ3n) is 2.50. The molecule has 0 unspecified atom stereocenters. The molecule has 19 heavy (non-hydrogen) atoms. The standard InChI is InChI=1S/C13H18N4OS/c1-10-15-13(17-16-10)19-7-3-6-18-12-5-2-4-11(8-12)9-14/h2,4-5,8H,3,6-7,9,14H2,1H3,(H,15,16,17). The zero-order valence-corrected chi connectivity index (χ0v) is 11.7. The summed E-state index contributed by atoms with van der Waals surface area (Å²) in [6.07, 6.45) is 0.950. The predicted octanol–water partition coefficient (Wildman–Crippen LogP) is 2.13. The highest BCUT2D eigenvalue weighted by molar-refractivity contribution is 7.99. The minimum atomic E-state index is 0.539. The number of hydrogen-bond acceptors (Lipinski definition) is 5. The maximum absolute atomic E-state index is 5.67. The van der Waals surface area contributed by atoms with Crippen molar-refractivity contribution < 1.29 is 4.74 Å². The molecule has 0 fully saturated rings. The van der Waals surface area contributed by atoms with Crippen LogP contribution in [0.4, 0.5) is 0 Å². The number of benzene rings is 1. The first-order chi connectivity index (χ1) is 9.28. The van der Waals surface area contributed by atoms with E-state index in [4.69, 9.17) is 10.5 Å². The molecular weight excluding hydrogens is 260 g/mol. The van der Waals surface area contributed by atoms with Gasteiger partial charge in [-0.2, -0.15) is 0 Å². The van der Waals surface area contributed by atoms with Crippen molar-refractivity contribution in [2.24, 2.45) is 5.73 Å². The fraction of sp³-hybridized carbons (Fsp3) is 0.385. The Labute approximate surface area is 117 Å². The van der Waals surface area contributed by atoms with E-state index in [-0.39, 0.29) is 0 Å². The van der Waals surface area contributed by atoms with Crippen LogP contribution >= 0.6 is 11.8 Å². The van der Waals surface area contributed by atoms with E-state index in [1.165, 1.54) is 0 Å². The van der Waals surface area contributed by atoms with Gasteiger partial charge in [-0.3, -0.25) is 5.10 Å². The molecular formula is C13H18N4OS. The van der Waals surface area contributed by atoms with Gasteiger partial charge in [-0.1, -0.05) is 23.9 Å². The first kappa shape index (κ1) is 13.9. The zero-order chi connectivity index (χ0) is 13.5. The Morgan fingerprint density at radius 3 is 3.05 bits per heavy atom. The number of nitrogens with zero attached hydrogens (tertiary/aromatic N) is 2. The minimum Gasteiger partial charge on any atom is -0.494 e. The average molecular weight is 278 g/mol. The van der Waals surface area contributed by atoms with Crippen molar-refractivity contribution in [3.63, 3.8) is 0 Å². The van der Waals surface area contributed by atoms with Crippen molar-refractivity contribution in [3.8, 4) is 5.75 Å². The summed E-state index contributed by atoms with van der Waals surface area (Å²) < 4.78 is 5.67. The van der Waals surface area contributed by atoms with Crippen molar-refractivity contribution in [1.82, 2.24) is 15.2 Å². The first-order valence-electron chi connectivity index (χ1n) is 6.21. The topological polar surface area (TPSA) is 76.8 Å². The molecule has 0 amide bonds. The number of rotatable bonds is 7. The van der Waals surface area contributed by atoms with Crippen LogP contribution in [0.5, 0.6) is 5.75 Å². The van der Waals surface area contributed by atoms with E-state index in [2.05, 4.69) is 15.2 Å². The van der Waals surface area contributed by atoms with Crippen molar-refractivity contribution >= 4 is 11.8 Å². The van der Waals surface area contributed by atoms with Gasteiger partial charge in [0, 0.05) is 12.3 Å². The van der Waals surface area contributed by atoms with E-state index in [1.807, 2.05) is 31.2 Å². The van der Waals surface area contributed by atoms with E-state index in [0.29, 0.717) is 13.2 Å². The molecule has 0 spiro atoms. The van der Waals surface area contributed by atoms with E-state index in [0.717, 1.165) is 34.5 Å². The van der Waals surface area contributed by atoms with Crippen LogP contribution in [0, 0.1) is 6.92 Å². The van der Waals surface area contributed by atoms with Crippen LogP contribution in [-0.2, 0) is 6.54 Å². The van der Waals surface area contributed by atoms with Gasteiger partial charge >= 0.3 is 0 Å². The maximum Gasteiger partial charge on any atom is 0.208 e. The summed E-state index contributed by atoms with van der Waals surface area (Å²) >= 11 is 1.63. The molecule has 2 rings (SSSR count). The number of H-pyrrole nitrogens is 1. The molecule has 0 aliphatic carbocycles. The number of hydrogen-bond donors (Lipinski definition) is 2. The number of aryl methyl sites for hydroxylation is 1. The van der Waals surface area contributed by atoms with Gasteiger partial charge in [0.2, 0.25) is 5.16 Å². The second kappa shape index (κ2) is 7.16. The molecule has 102 valence electrons. The van der Waals surface area contributed by atoms with Gasteiger partial charge in [0.1, 0.15) is 11.6 Å². The molecule has 0 aliphatic rings. The Hall–Kier alpha value is -1.53. The highest BCUT2D eigenvalue weighted by Gasteiger charge is 2.00. The summed E-state index contributed by atoms with van der Waals surface area (Å²) in [5.74, 6) is 2.66. The van der Waals surface area contributed by atoms with Crippen molar-refractivity contribution in [2.45, 2.75) is 25.0 Å². The summed E-state index contributed by atoms with van der Waals surface area (Å²) in [6.45, 7) is 3.12. The number of nitrogens with one attached hydrogen (secondary N) is 1. The van der Waals surface area contributed by atoms with Crippen LogP contribution in [0.3, 0.4) is 0 Å². The molecule has 1 aromatic carbocycles. The second-order valence-corrected chi connectivity index (χ2v) is 5.17. The first-order valence-corrected chi connectivity index (χ1v) is 7.20. The maximum atomic E-state index is 5.67. The molecule has 1 aromatic heterocycles.